The number of hydrogen-bond donors (Lipinski definition) is 0. The first kappa shape index (κ1) is 29.9. The van der Waals surface area contributed by atoms with Crippen molar-refractivity contribution in [2.75, 3.05) is 6.61 Å². The van der Waals surface area contributed by atoms with Gasteiger partial charge in [-0.05, 0) is 62.2 Å². The Balaban J connectivity index is 1.83. The number of esters is 1. The van der Waals surface area contributed by atoms with Crippen LogP contribution in [-0.2, 0) is 24.8 Å². The summed E-state index contributed by atoms with van der Waals surface area (Å²) in [4.78, 5) is 53.5. The van der Waals surface area contributed by atoms with Crippen molar-refractivity contribution in [1.82, 2.24) is 4.90 Å². The summed E-state index contributed by atoms with van der Waals surface area (Å²) < 4.78 is 28.4. The summed E-state index contributed by atoms with van der Waals surface area (Å²) in [5, 5.41) is 0.834. The van der Waals surface area contributed by atoms with Crippen molar-refractivity contribution in [3.63, 3.8) is 0 Å². The Morgan fingerprint density at radius 1 is 1.05 bits per heavy atom. The van der Waals surface area contributed by atoms with Crippen molar-refractivity contribution >= 4 is 46.6 Å². The minimum Gasteiger partial charge on any atom is -0.466 e. The van der Waals surface area contributed by atoms with Gasteiger partial charge in [-0.2, -0.15) is 0 Å². The molecule has 10 heteroatoms. The van der Waals surface area contributed by atoms with E-state index in [0.717, 1.165) is 6.07 Å². The van der Waals surface area contributed by atoms with Crippen molar-refractivity contribution < 1.29 is 33.0 Å². The van der Waals surface area contributed by atoms with Gasteiger partial charge in [0.2, 0.25) is 5.72 Å². The number of Topliss-reactive ketones (excluding diaryl/α,β-unsaturated/α-hetero) is 2. The van der Waals surface area contributed by atoms with Gasteiger partial charge < -0.3 is 9.47 Å². The second kappa shape index (κ2) is 12.0. The molecule has 1 amide bonds. The van der Waals surface area contributed by atoms with Crippen LogP contribution in [0.15, 0.2) is 60.7 Å². The van der Waals surface area contributed by atoms with Crippen molar-refractivity contribution in [3.05, 3.63) is 104 Å². The molecule has 218 valence electrons. The van der Waals surface area contributed by atoms with Crippen LogP contribution in [0.25, 0.3) is 0 Å². The topological polar surface area (TPSA) is 90.0 Å². The molecule has 0 saturated heterocycles. The standard InChI is InChI=1S/C32H28Cl2FNO6/c1-3-41-29(39)17-28(19-4-8-22(33)9-5-19)36-31(40)26-14-20(18(2)37)15-27(35)30(26)32(36,21-6-10-23(34)11-7-21)42-25-13-12-24(38)16-25/h4-11,14-15,25,28H,3,12-13,16-17H2,1-2H3/t25-,28?,32+/m0/s1. The van der Waals surface area contributed by atoms with Crippen LogP contribution in [-0.4, -0.2) is 41.1 Å². The molecule has 1 aliphatic heterocycles. The van der Waals surface area contributed by atoms with Crippen LogP contribution in [0, 0.1) is 5.82 Å². The van der Waals surface area contributed by atoms with Crippen LogP contribution in [0.3, 0.4) is 0 Å². The lowest BCUT2D eigenvalue weighted by molar-refractivity contribution is -0.163. The molecule has 42 heavy (non-hydrogen) atoms. The Bertz CT molecular complexity index is 1560. The molecule has 2 aliphatic rings. The summed E-state index contributed by atoms with van der Waals surface area (Å²) in [6, 6.07) is 14.4. The third-order valence-electron chi connectivity index (χ3n) is 7.63. The zero-order chi connectivity index (χ0) is 30.2. The van der Waals surface area contributed by atoms with Crippen molar-refractivity contribution in [2.24, 2.45) is 0 Å². The average molecular weight is 612 g/mol. The summed E-state index contributed by atoms with van der Waals surface area (Å²) >= 11 is 12.4. The predicted octanol–water partition coefficient (Wildman–Crippen LogP) is 6.82. The lowest BCUT2D eigenvalue weighted by atomic mass is 9.89. The van der Waals surface area contributed by atoms with Gasteiger partial charge in [0.05, 0.1) is 36.3 Å². The van der Waals surface area contributed by atoms with E-state index in [1.54, 1.807) is 55.5 Å². The van der Waals surface area contributed by atoms with E-state index < -0.39 is 41.3 Å². The highest BCUT2D eigenvalue weighted by Crippen LogP contribution is 2.53. The number of carbonyl (C=O) groups is 4. The number of nitrogens with zero attached hydrogens (tertiary/aromatic N) is 1. The van der Waals surface area contributed by atoms with Crippen molar-refractivity contribution in [1.29, 1.82) is 0 Å². The second-order valence-electron chi connectivity index (χ2n) is 10.4. The lowest BCUT2D eigenvalue weighted by Crippen LogP contribution is -2.51. The Hall–Kier alpha value is -3.59. The van der Waals surface area contributed by atoms with Crippen LogP contribution in [0.5, 0.6) is 0 Å². The number of ketones is 2. The monoisotopic (exact) mass is 611 g/mol. The van der Waals surface area contributed by atoms with Crippen LogP contribution < -0.4 is 0 Å². The number of amides is 1. The molecule has 0 spiro atoms. The van der Waals surface area contributed by atoms with Gasteiger partial charge in [-0.15, -0.1) is 0 Å². The number of benzene rings is 3. The molecule has 3 aromatic rings. The first-order chi connectivity index (χ1) is 20.0. The highest BCUT2D eigenvalue weighted by Gasteiger charge is 2.58. The highest BCUT2D eigenvalue weighted by atomic mass is 35.5. The van der Waals surface area contributed by atoms with E-state index in [-0.39, 0.29) is 48.3 Å². The van der Waals surface area contributed by atoms with E-state index >= 15 is 4.39 Å². The fraction of sp³-hybridized carbons (Fsp3) is 0.312. The van der Waals surface area contributed by atoms with E-state index in [2.05, 4.69) is 0 Å². The average Bonchev–Trinajstić information content (AvgIpc) is 3.46. The summed E-state index contributed by atoms with van der Waals surface area (Å²) in [7, 11) is 0. The van der Waals surface area contributed by atoms with Crippen LogP contribution in [0.1, 0.15) is 83.0 Å². The van der Waals surface area contributed by atoms with Crippen molar-refractivity contribution in [2.45, 2.75) is 57.4 Å². The summed E-state index contributed by atoms with van der Waals surface area (Å²) in [5.41, 5.74) is -1.23. The molecule has 1 fully saturated rings. The van der Waals surface area contributed by atoms with Gasteiger partial charge in [0.1, 0.15) is 11.6 Å². The molecule has 0 N–H and O–H groups in total. The number of hydrogen-bond acceptors (Lipinski definition) is 6. The summed E-state index contributed by atoms with van der Waals surface area (Å²) in [6.07, 6.45) is -0.239. The molecular weight excluding hydrogens is 584 g/mol. The first-order valence-corrected chi connectivity index (χ1v) is 14.4. The van der Waals surface area contributed by atoms with Gasteiger partial charge in [0, 0.05) is 34.0 Å². The third kappa shape index (κ3) is 5.46. The summed E-state index contributed by atoms with van der Waals surface area (Å²) in [6.45, 7) is 3.06. The smallest absolute Gasteiger partial charge is 0.308 e. The molecule has 3 aromatic carbocycles. The van der Waals surface area contributed by atoms with Gasteiger partial charge in [-0.25, -0.2) is 4.39 Å². The molecular formula is C32H28Cl2FNO6. The molecule has 1 unspecified atom stereocenters. The number of ether oxygens (including phenoxy) is 2. The number of rotatable bonds is 9. The zero-order valence-corrected chi connectivity index (χ0v) is 24.5. The quantitative estimate of drug-likeness (QED) is 0.195. The van der Waals surface area contributed by atoms with Gasteiger partial charge >= 0.3 is 5.97 Å². The Morgan fingerprint density at radius 3 is 2.26 bits per heavy atom. The SMILES string of the molecule is CCOC(=O)CC(c1ccc(Cl)cc1)N1C(=O)c2cc(C(C)=O)cc(F)c2[C@]1(O[C@H]1CCC(=O)C1)c1ccc(Cl)cc1. The van der Waals surface area contributed by atoms with Gasteiger partial charge in [-0.1, -0.05) is 47.5 Å². The maximum atomic E-state index is 16.4. The van der Waals surface area contributed by atoms with E-state index in [1.807, 2.05) is 0 Å². The van der Waals surface area contributed by atoms with E-state index in [9.17, 15) is 19.2 Å². The van der Waals surface area contributed by atoms with E-state index in [4.69, 9.17) is 32.7 Å². The molecule has 0 radical (unpaired) electrons. The molecule has 0 aromatic heterocycles. The molecule has 1 aliphatic carbocycles. The molecule has 5 rings (SSSR count). The predicted molar refractivity (Wildman–Crippen MR) is 154 cm³/mol. The minimum atomic E-state index is -1.93. The largest absolute Gasteiger partial charge is 0.466 e. The normalized spacial score (nSPS) is 20.5. The molecule has 3 atom stereocenters. The van der Waals surface area contributed by atoms with Gasteiger partial charge in [0.15, 0.2) is 5.78 Å². The van der Waals surface area contributed by atoms with Crippen LogP contribution in [0.4, 0.5) is 4.39 Å². The van der Waals surface area contributed by atoms with Gasteiger partial charge in [-0.3, -0.25) is 24.1 Å². The maximum Gasteiger partial charge on any atom is 0.308 e. The second-order valence-corrected chi connectivity index (χ2v) is 11.2. The Kier molecular flexibility index (Phi) is 8.51. The maximum absolute atomic E-state index is 16.4. The minimum absolute atomic E-state index is 0.0101. The fourth-order valence-corrected chi connectivity index (χ4v) is 6.01. The summed E-state index contributed by atoms with van der Waals surface area (Å²) in [5.74, 6) is -2.53. The van der Waals surface area contributed by atoms with E-state index in [0.29, 0.717) is 27.6 Å². The Morgan fingerprint density at radius 2 is 1.69 bits per heavy atom. The highest BCUT2D eigenvalue weighted by molar-refractivity contribution is 6.30. The Labute approximate surface area is 252 Å². The lowest BCUT2D eigenvalue weighted by Gasteiger charge is -2.45. The van der Waals surface area contributed by atoms with Gasteiger partial charge in [0.25, 0.3) is 5.91 Å². The van der Waals surface area contributed by atoms with Crippen LogP contribution >= 0.6 is 23.2 Å². The molecule has 1 heterocycles. The third-order valence-corrected chi connectivity index (χ3v) is 8.13. The fourth-order valence-electron chi connectivity index (χ4n) is 5.76. The van der Waals surface area contributed by atoms with Crippen LogP contribution in [0.2, 0.25) is 10.0 Å². The molecule has 1 saturated carbocycles. The molecule has 7 nitrogen and oxygen atoms in total. The number of fused-ring (bicyclic) bond motifs is 1. The first-order valence-electron chi connectivity index (χ1n) is 13.6. The van der Waals surface area contributed by atoms with E-state index in [1.165, 1.54) is 17.9 Å². The number of carbonyl (C=O) groups excluding carboxylic acids is 4. The van der Waals surface area contributed by atoms with Crippen molar-refractivity contribution in [3.8, 4) is 0 Å². The molecule has 0 bridgehead atoms. The zero-order valence-electron chi connectivity index (χ0n) is 23.0. The number of halogens is 3.